The van der Waals surface area contributed by atoms with Crippen molar-refractivity contribution >= 4 is 17.5 Å². The molecule has 0 fully saturated rings. The molecule has 1 aromatic carbocycles. The van der Waals surface area contributed by atoms with Gasteiger partial charge in [-0.15, -0.1) is 0 Å². The highest BCUT2D eigenvalue weighted by Crippen LogP contribution is 2.37. The van der Waals surface area contributed by atoms with Gasteiger partial charge in [-0.25, -0.2) is 14.8 Å². The molecule has 24 heavy (non-hydrogen) atoms. The number of hydrogen-bond donors (Lipinski definition) is 1. The summed E-state index contributed by atoms with van der Waals surface area (Å²) in [5, 5.41) is 12.1. The number of fused-ring (bicyclic) bond motifs is 1. The first-order valence-corrected chi connectivity index (χ1v) is 7.50. The molecule has 1 atom stereocenters. The largest absolute Gasteiger partial charge is 0.456 e. The maximum absolute atomic E-state index is 11.7. The minimum Gasteiger partial charge on any atom is -0.456 e. The molecule has 0 radical (unpaired) electrons. The minimum atomic E-state index is -0.413. The zero-order valence-corrected chi connectivity index (χ0v) is 13.2. The Balaban J connectivity index is 1.83. The van der Waals surface area contributed by atoms with Crippen LogP contribution < -0.4 is 5.32 Å². The lowest BCUT2D eigenvalue weighted by molar-refractivity contribution is -0.153. The maximum Gasteiger partial charge on any atom is 0.332 e. The highest BCUT2D eigenvalue weighted by molar-refractivity contribution is 5.72. The molecule has 0 spiro atoms. The summed E-state index contributed by atoms with van der Waals surface area (Å²) in [7, 11) is 1.45. The van der Waals surface area contributed by atoms with E-state index in [-0.39, 0.29) is 12.7 Å². The Labute approximate surface area is 139 Å². The fourth-order valence-electron chi connectivity index (χ4n) is 2.67. The monoisotopic (exact) mass is 324 g/mol. The Hall–Kier alpha value is -2.98. The van der Waals surface area contributed by atoms with Crippen LogP contribution in [0.4, 0.5) is 11.5 Å². The van der Waals surface area contributed by atoms with Crippen molar-refractivity contribution in [1.29, 1.82) is 5.26 Å². The highest BCUT2D eigenvalue weighted by Gasteiger charge is 2.30. The second-order valence-electron chi connectivity index (χ2n) is 5.35. The predicted octanol–water partition coefficient (Wildman–Crippen LogP) is 2.27. The molecular weight excluding hydrogens is 308 g/mol. The number of rotatable bonds is 5. The number of anilines is 2. The van der Waals surface area contributed by atoms with E-state index < -0.39 is 5.97 Å². The van der Waals surface area contributed by atoms with E-state index in [4.69, 9.17) is 14.7 Å². The van der Waals surface area contributed by atoms with Crippen LogP contribution in [0, 0.1) is 11.3 Å². The molecule has 1 heterocycles. The summed E-state index contributed by atoms with van der Waals surface area (Å²) in [6.07, 6.45) is 2.50. The van der Waals surface area contributed by atoms with E-state index in [1.807, 2.05) is 0 Å². The lowest BCUT2D eigenvalue weighted by Crippen LogP contribution is -2.15. The van der Waals surface area contributed by atoms with E-state index >= 15 is 0 Å². The number of nitrogens with zero attached hydrogens (tertiary/aromatic N) is 3. The van der Waals surface area contributed by atoms with E-state index in [0.717, 1.165) is 23.4 Å². The molecule has 1 N–H and O–H groups in total. The van der Waals surface area contributed by atoms with Crippen LogP contribution in [0.15, 0.2) is 30.6 Å². The first-order chi connectivity index (χ1) is 11.7. The number of aromatic nitrogens is 2. The molecule has 0 aliphatic heterocycles. The third-order valence-corrected chi connectivity index (χ3v) is 3.74. The van der Waals surface area contributed by atoms with Crippen molar-refractivity contribution in [2.45, 2.75) is 18.9 Å². The van der Waals surface area contributed by atoms with Crippen LogP contribution in [0.2, 0.25) is 0 Å². The van der Waals surface area contributed by atoms with Crippen molar-refractivity contribution in [3.63, 3.8) is 0 Å². The van der Waals surface area contributed by atoms with Crippen LogP contribution in [0.5, 0.6) is 0 Å². The highest BCUT2D eigenvalue weighted by atomic mass is 16.6. The summed E-state index contributed by atoms with van der Waals surface area (Å²) < 4.78 is 10.3. The second kappa shape index (κ2) is 7.06. The zero-order valence-electron chi connectivity index (χ0n) is 13.2. The first-order valence-electron chi connectivity index (χ1n) is 7.50. The quantitative estimate of drug-likeness (QED) is 0.842. The van der Waals surface area contributed by atoms with Gasteiger partial charge in [-0.05, 0) is 37.1 Å². The van der Waals surface area contributed by atoms with Gasteiger partial charge in [0.25, 0.3) is 0 Å². The Morgan fingerprint density at radius 2 is 2.17 bits per heavy atom. The fraction of sp³-hybridized carbons (Fsp3) is 0.294. The Morgan fingerprint density at radius 3 is 2.88 bits per heavy atom. The number of carbonyl (C=O) groups excluding carboxylic acids is 1. The average molecular weight is 324 g/mol. The molecule has 0 amide bonds. The molecule has 0 bridgehead atoms. The van der Waals surface area contributed by atoms with Crippen LogP contribution in [-0.4, -0.2) is 29.7 Å². The van der Waals surface area contributed by atoms with Crippen molar-refractivity contribution in [3.8, 4) is 6.07 Å². The molecular formula is C17H16N4O3. The molecule has 3 rings (SSSR count). The number of carbonyl (C=O) groups is 1. The van der Waals surface area contributed by atoms with Crippen molar-refractivity contribution in [1.82, 2.24) is 9.97 Å². The maximum atomic E-state index is 11.7. The predicted molar refractivity (Wildman–Crippen MR) is 85.5 cm³/mol. The van der Waals surface area contributed by atoms with E-state index in [0.29, 0.717) is 17.8 Å². The minimum absolute atomic E-state index is 0.0854. The van der Waals surface area contributed by atoms with E-state index in [2.05, 4.69) is 21.4 Å². The zero-order chi connectivity index (χ0) is 16.9. The van der Waals surface area contributed by atoms with Crippen molar-refractivity contribution in [3.05, 3.63) is 47.4 Å². The number of nitrogens with one attached hydrogen (secondary N) is 1. The SMILES string of the molecule is COCC(=O)OC1CCc2ncnc(Nc3ccc(C#N)cc3)c21. The summed E-state index contributed by atoms with van der Waals surface area (Å²) in [5.41, 5.74) is 3.05. The lowest BCUT2D eigenvalue weighted by Gasteiger charge is -2.16. The van der Waals surface area contributed by atoms with Gasteiger partial charge in [-0.3, -0.25) is 0 Å². The number of hydrogen-bond acceptors (Lipinski definition) is 7. The number of esters is 1. The Bertz CT molecular complexity index is 783. The average Bonchev–Trinajstić information content (AvgIpc) is 3.00. The van der Waals surface area contributed by atoms with Crippen molar-refractivity contribution in [2.75, 3.05) is 19.0 Å². The molecule has 0 saturated carbocycles. The van der Waals surface area contributed by atoms with Gasteiger partial charge >= 0.3 is 5.97 Å². The van der Waals surface area contributed by atoms with Crippen molar-refractivity contribution < 1.29 is 14.3 Å². The van der Waals surface area contributed by atoms with Crippen LogP contribution in [0.1, 0.15) is 29.3 Å². The van der Waals surface area contributed by atoms with Crippen LogP contribution in [-0.2, 0) is 20.7 Å². The summed E-state index contributed by atoms with van der Waals surface area (Å²) in [6, 6.07) is 9.12. The molecule has 7 heteroatoms. The third-order valence-electron chi connectivity index (χ3n) is 3.74. The van der Waals surface area contributed by atoms with Gasteiger partial charge < -0.3 is 14.8 Å². The van der Waals surface area contributed by atoms with E-state index in [9.17, 15) is 4.79 Å². The summed E-state index contributed by atoms with van der Waals surface area (Å²) in [6.45, 7) is -0.0854. The first kappa shape index (κ1) is 15.9. The molecule has 1 aromatic heterocycles. The number of nitriles is 1. The van der Waals surface area contributed by atoms with Crippen LogP contribution in [0.25, 0.3) is 0 Å². The lowest BCUT2D eigenvalue weighted by atomic mass is 10.2. The molecule has 7 nitrogen and oxygen atoms in total. The van der Waals surface area contributed by atoms with Gasteiger partial charge in [0.1, 0.15) is 24.9 Å². The summed E-state index contributed by atoms with van der Waals surface area (Å²) in [5.74, 6) is 0.195. The van der Waals surface area contributed by atoms with E-state index in [1.165, 1.54) is 13.4 Å². The van der Waals surface area contributed by atoms with Gasteiger partial charge in [-0.1, -0.05) is 0 Å². The molecule has 1 aliphatic rings. The van der Waals surface area contributed by atoms with Gasteiger partial charge in [-0.2, -0.15) is 5.26 Å². The van der Waals surface area contributed by atoms with Gasteiger partial charge in [0, 0.05) is 12.8 Å². The molecule has 2 aromatic rings. The normalized spacial score (nSPS) is 15.4. The smallest absolute Gasteiger partial charge is 0.332 e. The second-order valence-corrected chi connectivity index (χ2v) is 5.35. The van der Waals surface area contributed by atoms with Gasteiger partial charge in [0.15, 0.2) is 0 Å². The van der Waals surface area contributed by atoms with Crippen LogP contribution in [0.3, 0.4) is 0 Å². The fourth-order valence-corrected chi connectivity index (χ4v) is 2.67. The standard InChI is InChI=1S/C17H16N4O3/c1-23-9-15(22)24-14-7-6-13-16(14)17(20-10-19-13)21-12-4-2-11(8-18)3-5-12/h2-5,10,14H,6-7,9H2,1H3,(H,19,20,21). The summed E-state index contributed by atoms with van der Waals surface area (Å²) >= 11 is 0. The molecule has 1 unspecified atom stereocenters. The third kappa shape index (κ3) is 3.34. The molecule has 0 saturated heterocycles. The molecule has 1 aliphatic carbocycles. The summed E-state index contributed by atoms with van der Waals surface area (Å²) in [4.78, 5) is 20.3. The number of benzene rings is 1. The van der Waals surface area contributed by atoms with Crippen molar-refractivity contribution in [2.24, 2.45) is 0 Å². The number of ether oxygens (including phenoxy) is 2. The Morgan fingerprint density at radius 1 is 1.38 bits per heavy atom. The Kier molecular flexibility index (Phi) is 4.68. The van der Waals surface area contributed by atoms with Gasteiger partial charge in [0.2, 0.25) is 0 Å². The molecule has 122 valence electrons. The number of aryl methyl sites for hydroxylation is 1. The topological polar surface area (TPSA) is 97.1 Å². The number of methoxy groups -OCH3 is 1. The van der Waals surface area contributed by atoms with Crippen LogP contribution >= 0.6 is 0 Å². The van der Waals surface area contributed by atoms with Gasteiger partial charge in [0.05, 0.1) is 22.9 Å². The van der Waals surface area contributed by atoms with E-state index in [1.54, 1.807) is 24.3 Å².